The highest BCUT2D eigenvalue weighted by molar-refractivity contribution is 7.90. The molecule has 0 atom stereocenters. The first-order valence-electron chi connectivity index (χ1n) is 4.61. The monoisotopic (exact) mass is 275 g/mol. The topological polar surface area (TPSA) is 89.9 Å². The zero-order valence-electron chi connectivity index (χ0n) is 8.87. The third kappa shape index (κ3) is 3.23. The minimum absolute atomic E-state index is 0.0857. The molecule has 0 amide bonds. The summed E-state index contributed by atoms with van der Waals surface area (Å²) >= 11 is 0.917. The normalized spacial score (nSPS) is 10.6. The minimum Gasteiger partial charge on any atom is -0.461 e. The molecule has 0 bridgehead atoms. The van der Waals surface area contributed by atoms with Crippen molar-refractivity contribution in [1.82, 2.24) is 0 Å². The van der Waals surface area contributed by atoms with Crippen LogP contribution in [0.1, 0.15) is 23.0 Å². The van der Waals surface area contributed by atoms with Crippen LogP contribution in [0.3, 0.4) is 0 Å². The van der Waals surface area contributed by atoms with Gasteiger partial charge in [0.25, 0.3) is 16.1 Å². The fourth-order valence-corrected chi connectivity index (χ4v) is 2.99. The number of hydrogen-bond donors (Lipinski definition) is 0. The van der Waals surface area contributed by atoms with E-state index in [2.05, 4.69) is 4.40 Å². The van der Waals surface area contributed by atoms with E-state index in [0.29, 0.717) is 6.42 Å². The summed E-state index contributed by atoms with van der Waals surface area (Å²) in [6.07, 6.45) is 1.58. The second-order valence-electron chi connectivity index (χ2n) is 2.91. The Morgan fingerprint density at radius 3 is 2.88 bits per heavy atom. The first-order valence-corrected chi connectivity index (χ1v) is 6.93. The van der Waals surface area contributed by atoms with Crippen molar-refractivity contribution in [3.05, 3.63) is 16.3 Å². The van der Waals surface area contributed by atoms with Gasteiger partial charge in [0.05, 0.1) is 6.61 Å². The first kappa shape index (κ1) is 13.6. The Kier molecular flexibility index (Phi) is 4.56. The number of thiophene rings is 1. The summed E-state index contributed by atoms with van der Waals surface area (Å²) in [4.78, 5) is 21.1. The number of carbonyl (C=O) groups is 1. The predicted molar refractivity (Wildman–Crippen MR) is 60.2 cm³/mol. The molecule has 17 heavy (non-hydrogen) atoms. The quantitative estimate of drug-likeness (QED) is 0.459. The van der Waals surface area contributed by atoms with Gasteiger partial charge in [0.1, 0.15) is 9.77 Å². The fourth-order valence-electron chi connectivity index (χ4n) is 1.01. The van der Waals surface area contributed by atoms with Gasteiger partial charge in [-0.15, -0.1) is 11.3 Å². The Hall–Kier alpha value is -1.50. The lowest BCUT2D eigenvalue weighted by Crippen LogP contribution is -2.08. The Morgan fingerprint density at radius 2 is 2.29 bits per heavy atom. The Bertz CT molecular complexity index is 554. The number of rotatable bonds is 5. The van der Waals surface area contributed by atoms with E-state index in [1.165, 1.54) is 11.4 Å². The van der Waals surface area contributed by atoms with Crippen LogP contribution in [0.4, 0.5) is 0 Å². The molecule has 0 aliphatic carbocycles. The van der Waals surface area contributed by atoms with Gasteiger partial charge in [-0.3, -0.25) is 0 Å². The molecule has 0 saturated heterocycles. The summed E-state index contributed by atoms with van der Waals surface area (Å²) in [6.45, 7) is 2.02. The van der Waals surface area contributed by atoms with Gasteiger partial charge in [0.15, 0.2) is 0 Å². The molecule has 0 unspecified atom stereocenters. The summed E-state index contributed by atoms with van der Waals surface area (Å²) in [7, 11) is -4.16. The van der Waals surface area contributed by atoms with Crippen LogP contribution in [0.2, 0.25) is 0 Å². The SMILES string of the molecule is CCCOC(=O)c1sccc1S(=O)(=O)N=C=O. The lowest BCUT2D eigenvalue weighted by molar-refractivity contribution is 0.0507. The predicted octanol–water partition coefficient (Wildman–Crippen LogP) is 1.34. The lowest BCUT2D eigenvalue weighted by Gasteiger charge is -2.02. The van der Waals surface area contributed by atoms with Gasteiger partial charge >= 0.3 is 5.97 Å². The van der Waals surface area contributed by atoms with E-state index in [4.69, 9.17) is 4.74 Å². The number of sulfonamides is 1. The average Bonchev–Trinajstić information content (AvgIpc) is 2.75. The third-order valence-corrected chi connectivity index (χ3v) is 3.92. The summed E-state index contributed by atoms with van der Waals surface area (Å²) in [5.41, 5.74) is 0. The lowest BCUT2D eigenvalue weighted by atomic mass is 10.4. The third-order valence-electron chi connectivity index (χ3n) is 1.69. The maximum Gasteiger partial charge on any atom is 0.349 e. The van der Waals surface area contributed by atoms with Crippen LogP contribution in [0.15, 0.2) is 20.7 Å². The molecule has 6 nitrogen and oxygen atoms in total. The zero-order valence-corrected chi connectivity index (χ0v) is 10.5. The molecule has 1 heterocycles. The fraction of sp³-hybridized carbons (Fsp3) is 0.333. The summed E-state index contributed by atoms with van der Waals surface area (Å²) in [5, 5.41) is 1.41. The largest absolute Gasteiger partial charge is 0.461 e. The summed E-state index contributed by atoms with van der Waals surface area (Å²) < 4.78 is 30.4. The molecule has 0 saturated carbocycles. The van der Waals surface area contributed by atoms with Gasteiger partial charge in [0.2, 0.25) is 0 Å². The van der Waals surface area contributed by atoms with Gasteiger partial charge < -0.3 is 4.74 Å². The van der Waals surface area contributed by atoms with Crippen molar-refractivity contribution >= 4 is 33.4 Å². The molecule has 0 aliphatic rings. The van der Waals surface area contributed by atoms with Crippen LogP contribution in [0.5, 0.6) is 0 Å². The number of hydrogen-bond acceptors (Lipinski definition) is 6. The van der Waals surface area contributed by atoms with E-state index < -0.39 is 16.0 Å². The average molecular weight is 275 g/mol. The van der Waals surface area contributed by atoms with Crippen LogP contribution in [-0.4, -0.2) is 27.1 Å². The molecule has 8 heteroatoms. The molecule has 92 valence electrons. The molecule has 0 radical (unpaired) electrons. The number of isocyanates is 1. The van der Waals surface area contributed by atoms with Crippen molar-refractivity contribution < 1.29 is 22.7 Å². The molecular formula is C9H9NO5S2. The van der Waals surface area contributed by atoms with E-state index in [-0.39, 0.29) is 16.4 Å². The first-order chi connectivity index (χ1) is 8.03. The Morgan fingerprint density at radius 1 is 1.59 bits per heavy atom. The Balaban J connectivity index is 3.10. The van der Waals surface area contributed by atoms with E-state index in [0.717, 1.165) is 17.4 Å². The Labute approximate surface area is 102 Å². The molecule has 0 fully saturated rings. The van der Waals surface area contributed by atoms with Crippen LogP contribution in [-0.2, 0) is 19.6 Å². The summed E-state index contributed by atoms with van der Waals surface area (Å²) in [6, 6.07) is 1.20. The van der Waals surface area contributed by atoms with Crippen molar-refractivity contribution in [2.24, 2.45) is 4.40 Å². The van der Waals surface area contributed by atoms with Gasteiger partial charge in [-0.2, -0.15) is 8.42 Å². The summed E-state index contributed by atoms with van der Waals surface area (Å²) in [5.74, 6) is -0.735. The number of esters is 1. The van der Waals surface area contributed by atoms with Gasteiger partial charge in [-0.1, -0.05) is 11.3 Å². The van der Waals surface area contributed by atoms with Gasteiger partial charge in [-0.25, -0.2) is 9.59 Å². The molecular weight excluding hydrogens is 266 g/mol. The molecule has 0 aliphatic heterocycles. The second kappa shape index (κ2) is 5.72. The van der Waals surface area contributed by atoms with Crippen molar-refractivity contribution in [1.29, 1.82) is 0 Å². The maximum absolute atomic E-state index is 11.5. The second-order valence-corrected chi connectivity index (χ2v) is 5.40. The minimum atomic E-state index is -4.16. The number of ether oxygens (including phenoxy) is 1. The van der Waals surface area contributed by atoms with Gasteiger partial charge in [-0.05, 0) is 17.9 Å². The van der Waals surface area contributed by atoms with E-state index in [1.54, 1.807) is 0 Å². The van der Waals surface area contributed by atoms with Crippen LogP contribution in [0, 0.1) is 0 Å². The molecule has 1 aromatic rings. The zero-order chi connectivity index (χ0) is 12.9. The molecule has 1 aromatic heterocycles. The molecule has 0 spiro atoms. The van der Waals surface area contributed by atoms with Crippen molar-refractivity contribution in [2.75, 3.05) is 6.61 Å². The van der Waals surface area contributed by atoms with E-state index >= 15 is 0 Å². The molecule has 0 aromatic carbocycles. The number of nitrogens with zero attached hydrogens (tertiary/aromatic N) is 1. The number of carbonyl (C=O) groups excluding carboxylic acids is 2. The smallest absolute Gasteiger partial charge is 0.349 e. The van der Waals surface area contributed by atoms with Crippen molar-refractivity contribution in [3.8, 4) is 0 Å². The van der Waals surface area contributed by atoms with E-state index in [9.17, 15) is 18.0 Å². The van der Waals surface area contributed by atoms with Crippen LogP contribution < -0.4 is 0 Å². The van der Waals surface area contributed by atoms with Crippen LogP contribution >= 0.6 is 11.3 Å². The van der Waals surface area contributed by atoms with Crippen molar-refractivity contribution in [3.63, 3.8) is 0 Å². The molecule has 0 N–H and O–H groups in total. The highest BCUT2D eigenvalue weighted by atomic mass is 32.2. The van der Waals surface area contributed by atoms with Gasteiger partial charge in [0, 0.05) is 0 Å². The highest BCUT2D eigenvalue weighted by Gasteiger charge is 2.24. The van der Waals surface area contributed by atoms with Crippen molar-refractivity contribution in [2.45, 2.75) is 18.2 Å². The van der Waals surface area contributed by atoms with Crippen LogP contribution in [0.25, 0.3) is 0 Å². The standard InChI is InChI=1S/C9H9NO5S2/c1-2-4-15-9(12)8-7(3-5-16-8)17(13,14)10-6-11/h3,5H,2,4H2,1H3. The van der Waals surface area contributed by atoms with E-state index in [1.807, 2.05) is 6.92 Å². The maximum atomic E-state index is 11.5. The highest BCUT2D eigenvalue weighted by Crippen LogP contribution is 2.24. The molecule has 1 rings (SSSR count).